The number of carboxylic acids is 1. The standard InChI is InChI=1S/C27H34ClFN2O4Si/c1-16(2)22(15-35-36(6,7)27(3,4)5)31-14-20(26(33)34)24(32)19-12-17(13-30-25(19)31)11-18-9-8-10-21(28)23(18)29/h8-10,12-14,16,22H,11,15H2,1-7H3,(H,33,34). The lowest BCUT2D eigenvalue weighted by atomic mass is 10.0. The van der Waals surface area contributed by atoms with Gasteiger partial charge in [0.1, 0.15) is 17.0 Å². The van der Waals surface area contributed by atoms with Crippen LogP contribution in [0.25, 0.3) is 11.0 Å². The number of benzene rings is 1. The van der Waals surface area contributed by atoms with Crippen LogP contribution in [0.2, 0.25) is 23.2 Å². The van der Waals surface area contributed by atoms with Crippen molar-refractivity contribution in [1.82, 2.24) is 9.55 Å². The first-order valence-corrected chi connectivity index (χ1v) is 15.3. The fourth-order valence-electron chi connectivity index (χ4n) is 3.79. The molecule has 1 atom stereocenters. The molecule has 0 saturated heterocycles. The summed E-state index contributed by atoms with van der Waals surface area (Å²) in [7, 11) is -2.08. The van der Waals surface area contributed by atoms with Gasteiger partial charge in [0.2, 0.25) is 5.43 Å². The first-order valence-electron chi connectivity index (χ1n) is 12.0. The molecule has 0 aliphatic carbocycles. The van der Waals surface area contributed by atoms with Crippen LogP contribution in [0.15, 0.2) is 41.5 Å². The van der Waals surface area contributed by atoms with Crippen LogP contribution in [0, 0.1) is 11.7 Å². The third-order valence-electron chi connectivity index (χ3n) is 7.13. The highest BCUT2D eigenvalue weighted by Crippen LogP contribution is 2.37. The molecular weight excluding hydrogens is 499 g/mol. The summed E-state index contributed by atoms with van der Waals surface area (Å²) in [5.74, 6) is -1.77. The first-order chi connectivity index (χ1) is 16.6. The van der Waals surface area contributed by atoms with Crippen molar-refractivity contribution in [3.8, 4) is 0 Å². The van der Waals surface area contributed by atoms with E-state index in [1.807, 2.05) is 13.8 Å². The van der Waals surface area contributed by atoms with Crippen molar-refractivity contribution >= 4 is 36.9 Å². The number of aromatic nitrogens is 2. The first kappa shape index (κ1) is 28.0. The second-order valence-corrected chi connectivity index (χ2v) is 16.3. The predicted molar refractivity (Wildman–Crippen MR) is 144 cm³/mol. The number of carbonyl (C=O) groups is 1. The number of hydrogen-bond donors (Lipinski definition) is 1. The number of hydrogen-bond acceptors (Lipinski definition) is 4. The Morgan fingerprint density at radius 1 is 1.28 bits per heavy atom. The Balaban J connectivity index is 2.13. The molecule has 6 nitrogen and oxygen atoms in total. The molecule has 36 heavy (non-hydrogen) atoms. The molecule has 1 unspecified atom stereocenters. The van der Waals surface area contributed by atoms with Crippen LogP contribution in [0.5, 0.6) is 0 Å². The maximum atomic E-state index is 14.5. The van der Waals surface area contributed by atoms with Crippen molar-refractivity contribution < 1.29 is 18.7 Å². The molecule has 1 N–H and O–H groups in total. The Morgan fingerprint density at radius 3 is 2.53 bits per heavy atom. The highest BCUT2D eigenvalue weighted by Gasteiger charge is 2.38. The highest BCUT2D eigenvalue weighted by atomic mass is 35.5. The molecule has 0 spiro atoms. The summed E-state index contributed by atoms with van der Waals surface area (Å²) >= 11 is 5.91. The van der Waals surface area contributed by atoms with Crippen LogP contribution >= 0.6 is 11.6 Å². The van der Waals surface area contributed by atoms with Gasteiger partial charge in [-0.25, -0.2) is 14.2 Å². The number of pyridine rings is 2. The van der Waals surface area contributed by atoms with Gasteiger partial charge in [-0.05, 0) is 47.3 Å². The Bertz CT molecular complexity index is 1350. The van der Waals surface area contributed by atoms with Crippen molar-refractivity contribution in [1.29, 1.82) is 0 Å². The van der Waals surface area contributed by atoms with Crippen LogP contribution in [-0.2, 0) is 10.8 Å². The quantitative estimate of drug-likeness (QED) is 0.326. The van der Waals surface area contributed by atoms with E-state index in [1.165, 1.54) is 12.3 Å². The summed E-state index contributed by atoms with van der Waals surface area (Å²) < 4.78 is 22.7. The van der Waals surface area contributed by atoms with Crippen molar-refractivity contribution in [2.75, 3.05) is 6.61 Å². The van der Waals surface area contributed by atoms with Gasteiger partial charge in [-0.2, -0.15) is 0 Å². The highest BCUT2D eigenvalue weighted by molar-refractivity contribution is 6.74. The van der Waals surface area contributed by atoms with Gasteiger partial charge in [0.15, 0.2) is 8.32 Å². The van der Waals surface area contributed by atoms with E-state index in [4.69, 9.17) is 16.0 Å². The molecule has 0 aliphatic heterocycles. The normalized spacial score (nSPS) is 13.4. The van der Waals surface area contributed by atoms with E-state index >= 15 is 0 Å². The Labute approximate surface area is 217 Å². The third kappa shape index (κ3) is 5.71. The molecule has 0 amide bonds. The van der Waals surface area contributed by atoms with E-state index in [-0.39, 0.29) is 39.4 Å². The molecule has 0 fully saturated rings. The molecule has 9 heteroatoms. The van der Waals surface area contributed by atoms with Gasteiger partial charge in [-0.1, -0.05) is 58.4 Å². The zero-order valence-corrected chi connectivity index (χ0v) is 23.6. The number of nitrogens with zero attached hydrogens (tertiary/aromatic N) is 2. The second kappa shape index (κ2) is 10.4. The van der Waals surface area contributed by atoms with Crippen LogP contribution in [0.1, 0.15) is 62.1 Å². The largest absolute Gasteiger partial charge is 0.477 e. The Hall–Kier alpha value is -2.55. The summed E-state index contributed by atoms with van der Waals surface area (Å²) in [6.45, 7) is 15.2. The van der Waals surface area contributed by atoms with Crippen LogP contribution in [-0.4, -0.2) is 35.6 Å². The minimum Gasteiger partial charge on any atom is -0.477 e. The van der Waals surface area contributed by atoms with E-state index in [1.54, 1.807) is 29.0 Å². The zero-order valence-electron chi connectivity index (χ0n) is 21.9. The SMILES string of the molecule is CC(C)C(CO[Si](C)(C)C(C)(C)C)n1cc(C(=O)O)c(=O)c2cc(Cc3cccc(Cl)c3F)cnc21. The van der Waals surface area contributed by atoms with Crippen molar-refractivity contribution in [2.45, 2.75) is 65.2 Å². The molecule has 0 aliphatic rings. The molecule has 2 heterocycles. The average Bonchev–Trinajstić information content (AvgIpc) is 2.77. The lowest BCUT2D eigenvalue weighted by Crippen LogP contribution is -2.42. The van der Waals surface area contributed by atoms with Crippen molar-refractivity contribution in [3.63, 3.8) is 0 Å². The molecule has 2 aromatic heterocycles. The zero-order chi connectivity index (χ0) is 27.0. The maximum absolute atomic E-state index is 14.5. The van der Waals surface area contributed by atoms with Gasteiger partial charge >= 0.3 is 5.97 Å². The smallest absolute Gasteiger partial charge is 0.341 e. The summed E-state index contributed by atoms with van der Waals surface area (Å²) in [4.78, 5) is 29.7. The lowest BCUT2D eigenvalue weighted by molar-refractivity contribution is 0.0694. The Morgan fingerprint density at radius 2 is 1.94 bits per heavy atom. The molecule has 194 valence electrons. The molecule has 3 rings (SSSR count). The molecule has 0 bridgehead atoms. The van der Waals surface area contributed by atoms with Gasteiger partial charge < -0.3 is 14.1 Å². The van der Waals surface area contributed by atoms with Gasteiger partial charge in [-0.3, -0.25) is 4.79 Å². The summed E-state index contributed by atoms with van der Waals surface area (Å²) in [5, 5.41) is 9.98. The summed E-state index contributed by atoms with van der Waals surface area (Å²) in [5.41, 5.74) is 0.350. The number of carboxylic acid groups (broad SMARTS) is 1. The monoisotopic (exact) mass is 532 g/mol. The van der Waals surface area contributed by atoms with Crippen molar-refractivity contribution in [2.24, 2.45) is 5.92 Å². The molecule has 1 aromatic carbocycles. The summed E-state index contributed by atoms with van der Waals surface area (Å²) in [6, 6.07) is 6.09. The number of rotatable bonds is 8. The maximum Gasteiger partial charge on any atom is 0.341 e. The average molecular weight is 533 g/mol. The van der Waals surface area contributed by atoms with Gasteiger partial charge in [0.05, 0.1) is 23.1 Å². The fraction of sp³-hybridized carbons (Fsp3) is 0.444. The molecule has 0 saturated carbocycles. The Kier molecular flexibility index (Phi) is 8.12. The molecular formula is C27H34ClFN2O4Si. The van der Waals surface area contributed by atoms with E-state index in [0.717, 1.165) is 0 Å². The predicted octanol–water partition coefficient (Wildman–Crippen LogP) is 6.70. The van der Waals surface area contributed by atoms with E-state index in [2.05, 4.69) is 38.8 Å². The minimum absolute atomic E-state index is 0.00905. The van der Waals surface area contributed by atoms with Crippen LogP contribution < -0.4 is 5.43 Å². The molecule has 0 radical (unpaired) electrons. The fourth-order valence-corrected chi connectivity index (χ4v) is 5.00. The van der Waals surface area contributed by atoms with Crippen LogP contribution in [0.4, 0.5) is 4.39 Å². The topological polar surface area (TPSA) is 81.4 Å². The number of aromatic carboxylic acids is 1. The lowest BCUT2D eigenvalue weighted by Gasteiger charge is -2.38. The number of fused-ring (bicyclic) bond motifs is 1. The van der Waals surface area contributed by atoms with Gasteiger partial charge in [0.25, 0.3) is 0 Å². The van der Waals surface area contributed by atoms with Crippen molar-refractivity contribution in [3.05, 3.63) is 74.4 Å². The van der Waals surface area contributed by atoms with Gasteiger partial charge in [0, 0.05) is 18.8 Å². The minimum atomic E-state index is -2.08. The van der Waals surface area contributed by atoms with Crippen LogP contribution in [0.3, 0.4) is 0 Å². The second-order valence-electron chi connectivity index (χ2n) is 11.1. The third-order valence-corrected chi connectivity index (χ3v) is 11.9. The summed E-state index contributed by atoms with van der Waals surface area (Å²) in [6.07, 6.45) is 3.12. The van der Waals surface area contributed by atoms with Gasteiger partial charge in [-0.15, -0.1) is 0 Å². The molecule has 3 aromatic rings. The van der Waals surface area contributed by atoms with E-state index in [0.29, 0.717) is 23.4 Å². The van der Waals surface area contributed by atoms with E-state index in [9.17, 15) is 19.1 Å². The van der Waals surface area contributed by atoms with E-state index < -0.39 is 25.5 Å². The number of halogens is 2.